The molecule has 1 aromatic heterocycles. The molecule has 1 saturated heterocycles. The van der Waals surface area contributed by atoms with E-state index < -0.39 is 0 Å². The lowest BCUT2D eigenvalue weighted by molar-refractivity contribution is 0.159. The Hall–Kier alpha value is -0.930. The summed E-state index contributed by atoms with van der Waals surface area (Å²) in [4.78, 5) is 0. The highest BCUT2D eigenvalue weighted by molar-refractivity contribution is 7.79. The normalized spacial score (nSPS) is 30.5. The molecule has 0 radical (unpaired) electrons. The van der Waals surface area contributed by atoms with Crippen molar-refractivity contribution in [3.63, 3.8) is 0 Å². The fourth-order valence-corrected chi connectivity index (χ4v) is 5.20. The third-order valence-corrected chi connectivity index (χ3v) is 6.16. The van der Waals surface area contributed by atoms with Gasteiger partial charge in [0.2, 0.25) is 0 Å². The van der Waals surface area contributed by atoms with Gasteiger partial charge in [0.25, 0.3) is 0 Å². The molecule has 2 aliphatic rings. The molecular weight excluding hydrogens is 288 g/mol. The van der Waals surface area contributed by atoms with Crippen LogP contribution in [0.1, 0.15) is 50.2 Å². The molecule has 4 rings (SSSR count). The van der Waals surface area contributed by atoms with E-state index in [1.165, 1.54) is 42.1 Å². The molecule has 2 heterocycles. The number of aromatic nitrogens is 1. The van der Waals surface area contributed by atoms with Crippen molar-refractivity contribution in [3.05, 3.63) is 35.5 Å². The van der Waals surface area contributed by atoms with Gasteiger partial charge in [-0.1, -0.05) is 32.4 Å². The lowest BCUT2D eigenvalue weighted by Crippen LogP contribution is -2.58. The summed E-state index contributed by atoms with van der Waals surface area (Å²) in [5, 5.41) is 5.49. The molecule has 0 amide bonds. The molecule has 0 unspecified atom stereocenters. The second kappa shape index (κ2) is 5.31. The molecule has 1 N–H and O–H groups in total. The van der Waals surface area contributed by atoms with Gasteiger partial charge in [0, 0.05) is 28.6 Å². The van der Waals surface area contributed by atoms with E-state index in [2.05, 4.69) is 60.8 Å². The lowest BCUT2D eigenvalue weighted by Gasteiger charge is -2.50. The van der Waals surface area contributed by atoms with E-state index in [0.717, 1.165) is 18.3 Å². The van der Waals surface area contributed by atoms with E-state index in [1.807, 2.05) is 0 Å². The van der Waals surface area contributed by atoms with E-state index in [-0.39, 0.29) is 5.54 Å². The van der Waals surface area contributed by atoms with Crippen LogP contribution in [0.4, 0.5) is 0 Å². The Morgan fingerprint density at radius 3 is 3.05 bits per heavy atom. The highest BCUT2D eigenvalue weighted by Gasteiger charge is 2.46. The van der Waals surface area contributed by atoms with Crippen LogP contribution < -0.4 is 5.32 Å². The number of piperidine rings is 1. The number of hydrogen-bond acceptors (Lipinski definition) is 2. The van der Waals surface area contributed by atoms with Gasteiger partial charge < -0.3 is 9.88 Å². The average molecular weight is 314 g/mol. The van der Waals surface area contributed by atoms with Crippen LogP contribution in [0.15, 0.2) is 24.4 Å². The highest BCUT2D eigenvalue weighted by Crippen LogP contribution is 2.49. The summed E-state index contributed by atoms with van der Waals surface area (Å²) in [6.07, 6.45) is 7.35. The number of nitrogens with one attached hydrogen (secondary N) is 1. The van der Waals surface area contributed by atoms with Crippen LogP contribution in [0.2, 0.25) is 0 Å². The van der Waals surface area contributed by atoms with Crippen molar-refractivity contribution in [2.24, 2.45) is 5.92 Å². The maximum atomic E-state index is 4.52. The van der Waals surface area contributed by atoms with Crippen LogP contribution in [0.3, 0.4) is 0 Å². The first-order valence-corrected chi connectivity index (χ1v) is 9.28. The minimum atomic E-state index is 0.269. The Morgan fingerprint density at radius 1 is 1.41 bits per heavy atom. The zero-order chi connectivity index (χ0) is 15.3. The van der Waals surface area contributed by atoms with Gasteiger partial charge >= 0.3 is 0 Å². The number of fused-ring (bicyclic) bond motifs is 2. The first kappa shape index (κ1) is 14.6. The molecule has 2 aromatic rings. The molecule has 0 saturated carbocycles. The fraction of sp³-hybridized carbons (Fsp3) is 0.579. The van der Waals surface area contributed by atoms with E-state index in [1.54, 1.807) is 5.56 Å². The smallest absolute Gasteiger partial charge is 0.0653 e. The van der Waals surface area contributed by atoms with E-state index in [0.29, 0.717) is 5.92 Å². The number of nitrogens with zero attached hydrogens (tertiary/aromatic N) is 1. The Labute approximate surface area is 138 Å². The molecule has 1 aromatic carbocycles. The molecule has 0 bridgehead atoms. The van der Waals surface area contributed by atoms with E-state index in [4.69, 9.17) is 0 Å². The molecule has 0 spiro atoms. The topological polar surface area (TPSA) is 17.0 Å². The van der Waals surface area contributed by atoms with Crippen molar-refractivity contribution >= 4 is 23.5 Å². The zero-order valence-electron chi connectivity index (χ0n) is 13.6. The van der Waals surface area contributed by atoms with Gasteiger partial charge in [0.1, 0.15) is 0 Å². The van der Waals surface area contributed by atoms with Crippen LogP contribution >= 0.6 is 12.6 Å². The Kier molecular flexibility index (Phi) is 3.54. The summed E-state index contributed by atoms with van der Waals surface area (Å²) in [6.45, 7) is 5.87. The largest absolute Gasteiger partial charge is 0.338 e. The first-order chi connectivity index (χ1) is 10.7. The number of thiol groups is 1. The van der Waals surface area contributed by atoms with Crippen molar-refractivity contribution in [1.82, 2.24) is 9.88 Å². The summed E-state index contributed by atoms with van der Waals surface area (Å²) in [5.74, 6) is 2.18. The highest BCUT2D eigenvalue weighted by atomic mass is 32.1. The minimum absolute atomic E-state index is 0.269. The lowest BCUT2D eigenvalue weighted by atomic mass is 9.63. The quantitative estimate of drug-likeness (QED) is 0.806. The fourth-order valence-electron chi connectivity index (χ4n) is 4.97. The molecule has 3 atom stereocenters. The van der Waals surface area contributed by atoms with Crippen molar-refractivity contribution in [3.8, 4) is 0 Å². The summed E-state index contributed by atoms with van der Waals surface area (Å²) in [7, 11) is 0. The van der Waals surface area contributed by atoms with Gasteiger partial charge in [-0.2, -0.15) is 12.6 Å². The molecule has 2 nitrogen and oxygen atoms in total. The SMILES string of the molecule is CCC[C@@]12Cc3cn(CS)c4cccc(c34)[C@H]1C[C@@H](C)CN2. The van der Waals surface area contributed by atoms with Gasteiger partial charge in [-0.3, -0.25) is 0 Å². The molecule has 22 heavy (non-hydrogen) atoms. The standard InChI is InChI=1S/C19H26N2S/c1-3-7-19-9-14-11-21(12-22)17-6-4-5-15(18(14)17)16(19)8-13(2)10-20-19/h4-6,11,13,16,20,22H,3,7-10,12H2,1-2H3/t13-,16-,19-/m1/s1. The summed E-state index contributed by atoms with van der Waals surface area (Å²) in [5.41, 5.74) is 4.73. The molecular formula is C19H26N2S. The number of hydrogen-bond donors (Lipinski definition) is 2. The van der Waals surface area contributed by atoms with Crippen LogP contribution in [0.25, 0.3) is 10.9 Å². The Bertz CT molecular complexity index is 705. The molecule has 118 valence electrons. The van der Waals surface area contributed by atoms with Gasteiger partial charge in [-0.25, -0.2) is 0 Å². The average Bonchev–Trinajstić information content (AvgIpc) is 2.88. The Balaban J connectivity index is 1.93. The van der Waals surface area contributed by atoms with Gasteiger partial charge in [-0.15, -0.1) is 0 Å². The van der Waals surface area contributed by atoms with Crippen molar-refractivity contribution < 1.29 is 0 Å². The second-order valence-corrected chi connectivity index (χ2v) is 7.65. The van der Waals surface area contributed by atoms with E-state index >= 15 is 0 Å². The molecule has 3 heteroatoms. The first-order valence-electron chi connectivity index (χ1n) is 8.65. The summed E-state index contributed by atoms with van der Waals surface area (Å²) >= 11 is 4.52. The maximum Gasteiger partial charge on any atom is 0.0653 e. The summed E-state index contributed by atoms with van der Waals surface area (Å²) < 4.78 is 2.30. The van der Waals surface area contributed by atoms with Crippen LogP contribution in [0.5, 0.6) is 0 Å². The third kappa shape index (κ3) is 1.98. The molecule has 1 fully saturated rings. The number of benzene rings is 1. The maximum absolute atomic E-state index is 4.52. The van der Waals surface area contributed by atoms with Gasteiger partial charge in [0.15, 0.2) is 0 Å². The Morgan fingerprint density at radius 2 is 2.27 bits per heavy atom. The van der Waals surface area contributed by atoms with Crippen molar-refractivity contribution in [2.75, 3.05) is 6.54 Å². The second-order valence-electron chi connectivity index (χ2n) is 7.36. The number of rotatable bonds is 3. The van der Waals surface area contributed by atoms with Crippen LogP contribution in [0, 0.1) is 5.92 Å². The predicted octanol–water partition coefficient (Wildman–Crippen LogP) is 4.34. The van der Waals surface area contributed by atoms with Gasteiger partial charge in [0.05, 0.1) is 5.88 Å². The summed E-state index contributed by atoms with van der Waals surface area (Å²) in [6, 6.07) is 6.87. The monoisotopic (exact) mass is 314 g/mol. The van der Waals surface area contributed by atoms with Crippen molar-refractivity contribution in [2.45, 2.75) is 56.9 Å². The molecule has 1 aliphatic carbocycles. The predicted molar refractivity (Wildman–Crippen MR) is 96.8 cm³/mol. The minimum Gasteiger partial charge on any atom is -0.338 e. The van der Waals surface area contributed by atoms with E-state index in [9.17, 15) is 0 Å². The van der Waals surface area contributed by atoms with Crippen molar-refractivity contribution in [1.29, 1.82) is 0 Å². The van der Waals surface area contributed by atoms with Crippen LogP contribution in [-0.2, 0) is 12.3 Å². The van der Waals surface area contributed by atoms with Gasteiger partial charge in [-0.05, 0) is 48.9 Å². The molecule has 1 aliphatic heterocycles. The third-order valence-electron chi connectivity index (χ3n) is 5.85. The zero-order valence-corrected chi connectivity index (χ0v) is 14.5. The van der Waals surface area contributed by atoms with Crippen LogP contribution in [-0.4, -0.2) is 16.7 Å².